The summed E-state index contributed by atoms with van der Waals surface area (Å²) in [6, 6.07) is 7.85. The number of unbranched alkanes of at least 4 members (excludes halogenated alkanes) is 4. The number of carboxylic acid groups (broad SMARTS) is 1. The highest BCUT2D eigenvalue weighted by molar-refractivity contribution is 7.90. The minimum atomic E-state index is -4.34. The number of halogens is 1. The van der Waals surface area contributed by atoms with E-state index in [1.807, 2.05) is 0 Å². The summed E-state index contributed by atoms with van der Waals surface area (Å²) in [6.07, 6.45) is 9.92. The number of carboxylic acids is 1. The number of pyridine rings is 1. The van der Waals surface area contributed by atoms with Gasteiger partial charge in [0.25, 0.3) is 15.9 Å². The van der Waals surface area contributed by atoms with Crippen LogP contribution in [-0.4, -0.2) is 85.3 Å². The number of ether oxygens (including phenoxy) is 2. The van der Waals surface area contributed by atoms with Gasteiger partial charge in [0, 0.05) is 37.7 Å². The SMILES string of the molecule is C=C[C@@H]1C[C@@]1(NC(=O)[C@@H]1C[C@@H](Oc2ccc(Cl)cn2)CN1)C(=O)NS(=O)(=O)c1ccccc1NCCCCCCC[C@H](NC(=O)OC1CCCC1)C(=O)O. The summed E-state index contributed by atoms with van der Waals surface area (Å²) < 4.78 is 40.4. The van der Waals surface area contributed by atoms with Crippen molar-refractivity contribution >= 4 is 51.2 Å². The van der Waals surface area contributed by atoms with E-state index in [9.17, 15) is 32.7 Å². The largest absolute Gasteiger partial charge is 0.480 e. The van der Waals surface area contributed by atoms with Crippen LogP contribution in [0.5, 0.6) is 5.88 Å². The number of benzene rings is 1. The van der Waals surface area contributed by atoms with E-state index in [1.54, 1.807) is 30.3 Å². The van der Waals surface area contributed by atoms with Crippen molar-refractivity contribution < 1.29 is 42.2 Å². The molecule has 0 bridgehead atoms. The van der Waals surface area contributed by atoms with Gasteiger partial charge in [-0.1, -0.05) is 55.5 Å². The highest BCUT2D eigenvalue weighted by Crippen LogP contribution is 2.45. The topological polar surface area (TPSA) is 214 Å². The molecule has 1 aromatic heterocycles. The van der Waals surface area contributed by atoms with E-state index >= 15 is 0 Å². The predicted molar refractivity (Wildman–Crippen MR) is 201 cm³/mol. The fraction of sp³-hybridized carbons (Fsp3) is 0.541. The number of carbonyl (C=O) groups excluding carboxylic acids is 3. The number of carbonyl (C=O) groups is 4. The van der Waals surface area contributed by atoms with Crippen LogP contribution in [0.25, 0.3) is 0 Å². The van der Waals surface area contributed by atoms with E-state index in [4.69, 9.17) is 21.1 Å². The van der Waals surface area contributed by atoms with Gasteiger partial charge in [0.2, 0.25) is 11.8 Å². The van der Waals surface area contributed by atoms with Crippen LogP contribution in [0.2, 0.25) is 5.02 Å². The minimum absolute atomic E-state index is 0.109. The molecule has 0 spiro atoms. The van der Waals surface area contributed by atoms with Crippen LogP contribution in [-0.2, 0) is 29.1 Å². The molecule has 15 nitrogen and oxygen atoms in total. The van der Waals surface area contributed by atoms with Crippen molar-refractivity contribution in [3.63, 3.8) is 0 Å². The van der Waals surface area contributed by atoms with Gasteiger partial charge in [0.15, 0.2) is 0 Å². The second-order valence-electron chi connectivity index (χ2n) is 14.0. The zero-order chi connectivity index (χ0) is 38.7. The Balaban J connectivity index is 1.05. The number of hydrogen-bond acceptors (Lipinski definition) is 11. The van der Waals surface area contributed by atoms with Gasteiger partial charge in [-0.2, -0.15) is 0 Å². The number of aromatic nitrogens is 1. The monoisotopic (exact) mass is 788 g/mol. The molecule has 2 saturated carbocycles. The lowest BCUT2D eigenvalue weighted by Crippen LogP contribution is -2.55. The molecule has 5 atom stereocenters. The first-order chi connectivity index (χ1) is 25.9. The first-order valence-electron chi connectivity index (χ1n) is 18.5. The molecule has 3 aliphatic rings. The fourth-order valence-corrected chi connectivity index (χ4v) is 8.21. The minimum Gasteiger partial charge on any atom is -0.480 e. The predicted octanol–water partition coefficient (Wildman–Crippen LogP) is 4.28. The molecule has 17 heteroatoms. The molecule has 0 radical (unpaired) electrons. The van der Waals surface area contributed by atoms with Crippen molar-refractivity contribution in [2.24, 2.45) is 5.92 Å². The van der Waals surface area contributed by atoms with Crippen LogP contribution < -0.4 is 30.7 Å². The number of nitrogens with zero attached hydrogens (tertiary/aromatic N) is 1. The average Bonchev–Trinajstić information content (AvgIpc) is 3.41. The molecular formula is C37H49ClN6O9S. The van der Waals surface area contributed by atoms with E-state index in [1.165, 1.54) is 18.3 Å². The first kappa shape index (κ1) is 40.8. The van der Waals surface area contributed by atoms with Crippen molar-refractivity contribution in [1.82, 2.24) is 25.7 Å². The van der Waals surface area contributed by atoms with Gasteiger partial charge >= 0.3 is 12.1 Å². The maximum absolute atomic E-state index is 13.6. The van der Waals surface area contributed by atoms with E-state index in [2.05, 4.69) is 37.6 Å². The molecule has 294 valence electrons. The molecule has 54 heavy (non-hydrogen) atoms. The molecule has 1 saturated heterocycles. The summed E-state index contributed by atoms with van der Waals surface area (Å²) in [5.74, 6) is -2.50. The number of sulfonamides is 1. The second kappa shape index (κ2) is 18.8. The van der Waals surface area contributed by atoms with Gasteiger partial charge < -0.3 is 35.8 Å². The van der Waals surface area contributed by atoms with Crippen LogP contribution in [0.4, 0.5) is 10.5 Å². The molecular weight excluding hydrogens is 740 g/mol. The summed E-state index contributed by atoms with van der Waals surface area (Å²) in [7, 11) is -4.34. The van der Waals surface area contributed by atoms with Crippen LogP contribution in [0.1, 0.15) is 77.0 Å². The number of aliphatic carboxylic acids is 1. The van der Waals surface area contributed by atoms with Crippen molar-refractivity contribution in [3.8, 4) is 5.88 Å². The van der Waals surface area contributed by atoms with E-state index < -0.39 is 57.4 Å². The van der Waals surface area contributed by atoms with Crippen LogP contribution in [0.15, 0.2) is 60.1 Å². The normalized spacial score (nSPS) is 22.8. The lowest BCUT2D eigenvalue weighted by atomic mass is 10.1. The molecule has 6 N–H and O–H groups in total. The summed E-state index contributed by atoms with van der Waals surface area (Å²) in [5, 5.41) is 21.5. The number of alkyl carbamates (subject to hydrolysis) is 1. The summed E-state index contributed by atoms with van der Waals surface area (Å²) in [4.78, 5) is 54.6. The average molecular weight is 789 g/mol. The Hall–Kier alpha value is -4.41. The fourth-order valence-electron chi connectivity index (χ4n) is 6.87. The third-order valence-corrected chi connectivity index (χ3v) is 11.6. The van der Waals surface area contributed by atoms with Gasteiger partial charge in [-0.3, -0.25) is 9.59 Å². The Kier molecular flexibility index (Phi) is 14.2. The van der Waals surface area contributed by atoms with Crippen molar-refractivity contribution in [3.05, 3.63) is 60.3 Å². The van der Waals surface area contributed by atoms with Crippen molar-refractivity contribution in [2.45, 2.75) is 112 Å². The molecule has 1 aromatic carbocycles. The quantitative estimate of drug-likeness (QED) is 0.0820. The third kappa shape index (κ3) is 11.1. The summed E-state index contributed by atoms with van der Waals surface area (Å²) in [5.41, 5.74) is -1.14. The number of para-hydroxylation sites is 1. The second-order valence-corrected chi connectivity index (χ2v) is 16.1. The highest BCUT2D eigenvalue weighted by atomic mass is 35.5. The zero-order valence-corrected chi connectivity index (χ0v) is 31.6. The molecule has 2 heterocycles. The lowest BCUT2D eigenvalue weighted by molar-refractivity contribution is -0.139. The molecule has 5 rings (SSSR count). The van der Waals surface area contributed by atoms with Crippen molar-refractivity contribution in [1.29, 1.82) is 0 Å². The maximum atomic E-state index is 13.6. The van der Waals surface area contributed by atoms with Crippen LogP contribution in [0, 0.1) is 5.92 Å². The Bertz CT molecular complexity index is 1760. The summed E-state index contributed by atoms with van der Waals surface area (Å²) >= 11 is 5.89. The van der Waals surface area contributed by atoms with Crippen LogP contribution in [0.3, 0.4) is 0 Å². The maximum Gasteiger partial charge on any atom is 0.408 e. The number of anilines is 1. The number of rotatable bonds is 20. The highest BCUT2D eigenvalue weighted by Gasteiger charge is 2.61. The van der Waals surface area contributed by atoms with Gasteiger partial charge in [0.1, 0.15) is 28.7 Å². The number of hydrogen-bond donors (Lipinski definition) is 6. The molecule has 3 fully saturated rings. The number of nitrogens with one attached hydrogen (secondary N) is 5. The molecule has 3 amide bonds. The first-order valence-corrected chi connectivity index (χ1v) is 20.3. The third-order valence-electron chi connectivity index (χ3n) is 10.0. The molecule has 2 aliphatic carbocycles. The van der Waals surface area contributed by atoms with Crippen LogP contribution >= 0.6 is 11.6 Å². The van der Waals surface area contributed by atoms with E-state index in [-0.39, 0.29) is 23.5 Å². The standard InChI is InChI=1S/C37H49ClN6O9S/c1-2-24-21-37(24,43-33(45)30-20-27(23-40-30)52-32-18-17-25(38)22-41-32)35(48)44-54(50,51)31-16-10-9-14-28(31)39-19-11-5-3-4-6-15-29(34(46)47)42-36(49)53-26-12-7-8-13-26/h2,9-10,14,16-18,22,24,26-27,29-30,39-40H,1,3-8,11-13,15,19-21,23H2,(H,42,49)(H,43,45)(H,44,48)(H,46,47)/t24-,27-,29+,30+,37+/m1/s1. The molecule has 2 aromatic rings. The van der Waals surface area contributed by atoms with Crippen molar-refractivity contribution in [2.75, 3.05) is 18.4 Å². The Labute approximate surface area is 320 Å². The Morgan fingerprint density at radius 3 is 2.50 bits per heavy atom. The number of amides is 3. The lowest BCUT2D eigenvalue weighted by Gasteiger charge is -2.21. The molecule has 0 unspecified atom stereocenters. The van der Waals surface area contributed by atoms with Gasteiger partial charge in [-0.25, -0.2) is 27.7 Å². The van der Waals surface area contributed by atoms with Gasteiger partial charge in [-0.15, -0.1) is 6.58 Å². The molecule has 1 aliphatic heterocycles. The van der Waals surface area contributed by atoms with E-state index in [0.29, 0.717) is 55.4 Å². The Morgan fingerprint density at radius 1 is 1.06 bits per heavy atom. The van der Waals surface area contributed by atoms with E-state index in [0.717, 1.165) is 44.9 Å². The smallest absolute Gasteiger partial charge is 0.408 e. The summed E-state index contributed by atoms with van der Waals surface area (Å²) in [6.45, 7) is 4.59. The van der Waals surface area contributed by atoms with Gasteiger partial charge in [0.05, 0.1) is 16.8 Å². The van der Waals surface area contributed by atoms with Gasteiger partial charge in [-0.05, 0) is 63.1 Å². The Morgan fingerprint density at radius 2 is 1.80 bits per heavy atom. The zero-order valence-electron chi connectivity index (χ0n) is 30.1.